The van der Waals surface area contributed by atoms with Gasteiger partial charge in [-0.05, 0) is 6.42 Å². The largest absolute Gasteiger partial charge is 0.383 e. The predicted molar refractivity (Wildman–Crippen MR) is 70.6 cm³/mol. The Bertz CT molecular complexity index is 594. The van der Waals surface area contributed by atoms with Crippen molar-refractivity contribution in [2.45, 2.75) is 26.3 Å². The van der Waals surface area contributed by atoms with Crippen LogP contribution in [0.5, 0.6) is 0 Å². The minimum absolute atomic E-state index is 0.0453. The highest BCUT2D eigenvalue weighted by Gasteiger charge is 2.12. The third-order valence-corrected chi connectivity index (χ3v) is 2.70. The lowest BCUT2D eigenvalue weighted by atomic mass is 10.2. The van der Waals surface area contributed by atoms with E-state index in [2.05, 4.69) is 16.9 Å². The summed E-state index contributed by atoms with van der Waals surface area (Å²) in [6, 6.07) is 2.68. The Balaban J connectivity index is 2.27. The molecule has 2 aromatic heterocycles. The van der Waals surface area contributed by atoms with Gasteiger partial charge in [-0.3, -0.25) is 10.1 Å². The van der Waals surface area contributed by atoms with Crippen molar-refractivity contribution >= 4 is 11.5 Å². The highest BCUT2D eigenvalue weighted by molar-refractivity contribution is 5.43. The van der Waals surface area contributed by atoms with Crippen molar-refractivity contribution in [1.82, 2.24) is 14.5 Å². The molecule has 0 radical (unpaired) electrons. The van der Waals surface area contributed by atoms with Crippen LogP contribution in [0.4, 0.5) is 11.5 Å². The zero-order valence-electron chi connectivity index (χ0n) is 10.6. The molecule has 0 aliphatic heterocycles. The number of hydrogen-bond acceptors (Lipinski definition) is 5. The Hall–Kier alpha value is -2.44. The minimum Gasteiger partial charge on any atom is -0.383 e. The monoisotopic (exact) mass is 261 g/mol. The van der Waals surface area contributed by atoms with E-state index in [0.717, 1.165) is 18.8 Å². The van der Waals surface area contributed by atoms with Gasteiger partial charge in [0.05, 0.1) is 16.7 Å². The van der Waals surface area contributed by atoms with Crippen LogP contribution in [0.15, 0.2) is 24.5 Å². The number of anilines is 1. The molecule has 0 aliphatic carbocycles. The number of pyridine rings is 1. The highest BCUT2D eigenvalue weighted by atomic mass is 16.6. The van der Waals surface area contributed by atoms with E-state index in [1.54, 1.807) is 6.20 Å². The second kappa shape index (κ2) is 5.47. The van der Waals surface area contributed by atoms with Crippen molar-refractivity contribution in [3.8, 4) is 0 Å². The molecular weight excluding hydrogens is 246 g/mol. The molecule has 100 valence electrons. The molecule has 2 aromatic rings. The smallest absolute Gasteiger partial charge is 0.274 e. The molecule has 0 bridgehead atoms. The average Bonchev–Trinajstić information content (AvgIpc) is 2.76. The van der Waals surface area contributed by atoms with E-state index >= 15 is 0 Å². The number of nitrogens with two attached hydrogens (primary N) is 1. The van der Waals surface area contributed by atoms with Gasteiger partial charge in [-0.2, -0.15) is 0 Å². The van der Waals surface area contributed by atoms with Crippen LogP contribution in [0.25, 0.3) is 0 Å². The molecule has 7 nitrogen and oxygen atoms in total. The van der Waals surface area contributed by atoms with E-state index < -0.39 is 4.92 Å². The van der Waals surface area contributed by atoms with Crippen molar-refractivity contribution < 1.29 is 4.92 Å². The fourth-order valence-electron chi connectivity index (χ4n) is 1.90. The topological polar surface area (TPSA) is 99.9 Å². The van der Waals surface area contributed by atoms with Gasteiger partial charge in [-0.15, -0.1) is 0 Å². The van der Waals surface area contributed by atoms with Crippen molar-refractivity contribution in [1.29, 1.82) is 0 Å². The molecule has 0 fully saturated rings. The molecule has 0 aromatic carbocycles. The molecule has 0 aliphatic rings. The second-order valence-electron chi connectivity index (χ2n) is 4.21. The number of aromatic nitrogens is 3. The van der Waals surface area contributed by atoms with Crippen LogP contribution in [0.1, 0.15) is 24.9 Å². The molecule has 0 unspecified atom stereocenters. The summed E-state index contributed by atoms with van der Waals surface area (Å²) < 4.78 is 2.01. The second-order valence-corrected chi connectivity index (χ2v) is 4.21. The quantitative estimate of drug-likeness (QED) is 0.653. The molecular formula is C12H15N5O2. The first kappa shape index (κ1) is 13.0. The Kier molecular flexibility index (Phi) is 3.74. The summed E-state index contributed by atoms with van der Waals surface area (Å²) in [5.41, 5.74) is 6.09. The Morgan fingerprint density at radius 3 is 2.95 bits per heavy atom. The SMILES string of the molecule is CCCn1ccnc1Cc1cc([N+](=O)[O-])cc(N)n1. The third-order valence-electron chi connectivity index (χ3n) is 2.70. The molecule has 2 heterocycles. The maximum Gasteiger partial charge on any atom is 0.274 e. The molecule has 0 spiro atoms. The molecule has 0 atom stereocenters. The van der Waals surface area contributed by atoms with Crippen LogP contribution in [-0.4, -0.2) is 19.5 Å². The summed E-state index contributed by atoms with van der Waals surface area (Å²) in [5, 5.41) is 10.8. The normalized spacial score (nSPS) is 10.6. The average molecular weight is 261 g/mol. The highest BCUT2D eigenvalue weighted by Crippen LogP contribution is 2.17. The maximum atomic E-state index is 10.8. The van der Waals surface area contributed by atoms with E-state index in [0.29, 0.717) is 12.1 Å². The molecule has 0 saturated carbocycles. The number of hydrogen-bond donors (Lipinski definition) is 1. The number of rotatable bonds is 5. The van der Waals surface area contributed by atoms with E-state index in [1.807, 2.05) is 10.8 Å². The first-order valence-corrected chi connectivity index (χ1v) is 6.01. The van der Waals surface area contributed by atoms with Crippen molar-refractivity contribution in [2.75, 3.05) is 5.73 Å². The molecule has 0 saturated heterocycles. The molecule has 2 rings (SSSR count). The summed E-state index contributed by atoms with van der Waals surface area (Å²) in [7, 11) is 0. The van der Waals surface area contributed by atoms with Gasteiger partial charge in [0.1, 0.15) is 11.6 Å². The van der Waals surface area contributed by atoms with E-state index in [-0.39, 0.29) is 11.5 Å². The summed E-state index contributed by atoms with van der Waals surface area (Å²) in [6.07, 6.45) is 5.03. The lowest BCUT2D eigenvalue weighted by molar-refractivity contribution is -0.384. The van der Waals surface area contributed by atoms with Crippen LogP contribution in [0.2, 0.25) is 0 Å². The number of nitrogen functional groups attached to an aromatic ring is 1. The van der Waals surface area contributed by atoms with Gasteiger partial charge in [0.15, 0.2) is 0 Å². The number of nitro groups is 1. The molecule has 19 heavy (non-hydrogen) atoms. The van der Waals surface area contributed by atoms with Crippen LogP contribution >= 0.6 is 0 Å². The van der Waals surface area contributed by atoms with Gasteiger partial charge >= 0.3 is 0 Å². The molecule has 2 N–H and O–H groups in total. The summed E-state index contributed by atoms with van der Waals surface area (Å²) in [5.74, 6) is 0.979. The van der Waals surface area contributed by atoms with Crippen molar-refractivity contribution in [2.24, 2.45) is 0 Å². The van der Waals surface area contributed by atoms with Gasteiger partial charge in [0, 0.05) is 31.4 Å². The number of nitrogens with zero attached hydrogens (tertiary/aromatic N) is 4. The third kappa shape index (κ3) is 3.06. The summed E-state index contributed by atoms with van der Waals surface area (Å²) in [6.45, 7) is 2.94. The summed E-state index contributed by atoms with van der Waals surface area (Å²) >= 11 is 0. The van der Waals surface area contributed by atoms with Crippen LogP contribution in [-0.2, 0) is 13.0 Å². The zero-order chi connectivity index (χ0) is 13.8. The predicted octanol–water partition coefficient (Wildman–Crippen LogP) is 1.77. The van der Waals surface area contributed by atoms with Gasteiger partial charge in [0.2, 0.25) is 0 Å². The number of aryl methyl sites for hydroxylation is 1. The first-order valence-electron chi connectivity index (χ1n) is 6.01. The van der Waals surface area contributed by atoms with Crippen LogP contribution < -0.4 is 5.73 Å². The van der Waals surface area contributed by atoms with E-state index in [1.165, 1.54) is 12.1 Å². The number of imidazole rings is 1. The Morgan fingerprint density at radius 1 is 1.47 bits per heavy atom. The fourth-order valence-corrected chi connectivity index (χ4v) is 1.90. The van der Waals surface area contributed by atoms with E-state index in [4.69, 9.17) is 5.73 Å². The van der Waals surface area contributed by atoms with Crippen LogP contribution in [0.3, 0.4) is 0 Å². The van der Waals surface area contributed by atoms with Crippen molar-refractivity contribution in [3.63, 3.8) is 0 Å². The van der Waals surface area contributed by atoms with Crippen molar-refractivity contribution in [3.05, 3.63) is 46.2 Å². The lowest BCUT2D eigenvalue weighted by Gasteiger charge is -2.06. The maximum absolute atomic E-state index is 10.8. The van der Waals surface area contributed by atoms with Gasteiger partial charge in [-0.25, -0.2) is 9.97 Å². The molecule has 0 amide bonds. The minimum atomic E-state index is -0.472. The van der Waals surface area contributed by atoms with Gasteiger partial charge in [-0.1, -0.05) is 6.92 Å². The zero-order valence-corrected chi connectivity index (χ0v) is 10.6. The Morgan fingerprint density at radius 2 is 2.26 bits per heavy atom. The standard InChI is InChI=1S/C12H15N5O2/c1-2-4-16-5-3-14-12(16)7-9-6-10(17(18)19)8-11(13)15-9/h3,5-6,8H,2,4,7H2,1H3,(H2,13,15). The Labute approximate surface area is 110 Å². The lowest BCUT2D eigenvalue weighted by Crippen LogP contribution is -2.06. The fraction of sp³-hybridized carbons (Fsp3) is 0.333. The first-order chi connectivity index (χ1) is 9.10. The van der Waals surface area contributed by atoms with Gasteiger partial charge < -0.3 is 10.3 Å². The van der Waals surface area contributed by atoms with Crippen LogP contribution in [0, 0.1) is 10.1 Å². The summed E-state index contributed by atoms with van der Waals surface area (Å²) in [4.78, 5) is 18.7. The van der Waals surface area contributed by atoms with Gasteiger partial charge in [0.25, 0.3) is 5.69 Å². The molecule has 7 heteroatoms. The van der Waals surface area contributed by atoms with E-state index in [9.17, 15) is 10.1 Å².